The van der Waals surface area contributed by atoms with Gasteiger partial charge >= 0.3 is 0 Å². The van der Waals surface area contributed by atoms with Gasteiger partial charge in [0.2, 0.25) is 0 Å². The highest BCUT2D eigenvalue weighted by molar-refractivity contribution is 6.06. The number of aromatic nitrogens is 1. The molecule has 0 saturated carbocycles. The number of aromatic amines is 1. The molecule has 0 unspecified atom stereocenters. The van der Waals surface area contributed by atoms with E-state index < -0.39 is 17.6 Å². The fourth-order valence-electron chi connectivity index (χ4n) is 2.35. The molecule has 1 aromatic heterocycles. The minimum Gasteiger partial charge on any atom is -0.497 e. The van der Waals surface area contributed by atoms with Gasteiger partial charge in [0.15, 0.2) is 0 Å². The molecule has 0 saturated heterocycles. The van der Waals surface area contributed by atoms with Gasteiger partial charge in [-0.1, -0.05) is 0 Å². The number of fused-ring (bicyclic) bond motifs is 1. The molecule has 7 heteroatoms. The third kappa shape index (κ3) is 2.91. The van der Waals surface area contributed by atoms with Crippen molar-refractivity contribution in [1.29, 1.82) is 0 Å². The van der Waals surface area contributed by atoms with Crippen LogP contribution in [0, 0.1) is 5.82 Å². The summed E-state index contributed by atoms with van der Waals surface area (Å²) in [5.74, 6) is -1.40. The first-order chi connectivity index (χ1) is 11.5. The van der Waals surface area contributed by atoms with Crippen LogP contribution in [0.5, 0.6) is 5.75 Å². The largest absolute Gasteiger partial charge is 0.497 e. The molecule has 122 valence electrons. The number of benzene rings is 2. The predicted molar refractivity (Wildman–Crippen MR) is 87.7 cm³/mol. The molecular weight excluding hydrogens is 313 g/mol. The lowest BCUT2D eigenvalue weighted by atomic mass is 10.1. The van der Waals surface area contributed by atoms with Gasteiger partial charge in [-0.3, -0.25) is 9.59 Å². The molecule has 1 heterocycles. The molecule has 0 fully saturated rings. The Kier molecular flexibility index (Phi) is 3.91. The Morgan fingerprint density at radius 2 is 1.96 bits per heavy atom. The lowest BCUT2D eigenvalue weighted by molar-refractivity contribution is 0.0992. The van der Waals surface area contributed by atoms with Gasteiger partial charge in [-0.15, -0.1) is 0 Å². The summed E-state index contributed by atoms with van der Waals surface area (Å²) in [4.78, 5) is 26.5. The number of hydrogen-bond donors (Lipinski definition) is 3. The first-order valence-electron chi connectivity index (χ1n) is 7.05. The Morgan fingerprint density at radius 1 is 1.17 bits per heavy atom. The fraction of sp³-hybridized carbons (Fsp3) is 0.0588. The number of halogens is 1. The summed E-state index contributed by atoms with van der Waals surface area (Å²) in [6.45, 7) is 0. The minimum absolute atomic E-state index is 0.270. The quantitative estimate of drug-likeness (QED) is 0.687. The van der Waals surface area contributed by atoms with E-state index in [0.29, 0.717) is 11.4 Å². The number of ether oxygens (including phenoxy) is 1. The zero-order chi connectivity index (χ0) is 17.3. The molecule has 0 aliphatic rings. The molecule has 2 amide bonds. The van der Waals surface area contributed by atoms with Crippen molar-refractivity contribution in [3.8, 4) is 5.75 Å². The summed E-state index contributed by atoms with van der Waals surface area (Å²) in [6.07, 6.45) is 0. The molecule has 0 spiro atoms. The lowest BCUT2D eigenvalue weighted by Crippen LogP contribution is -2.16. The highest BCUT2D eigenvalue weighted by Crippen LogP contribution is 2.22. The molecule has 0 aliphatic carbocycles. The lowest BCUT2D eigenvalue weighted by Gasteiger charge is -2.06. The summed E-state index contributed by atoms with van der Waals surface area (Å²) in [6, 6.07) is 10.7. The number of amides is 2. The average molecular weight is 327 g/mol. The van der Waals surface area contributed by atoms with Gasteiger partial charge in [0.1, 0.15) is 17.3 Å². The van der Waals surface area contributed by atoms with E-state index in [1.807, 2.05) is 6.07 Å². The molecule has 0 radical (unpaired) electrons. The van der Waals surface area contributed by atoms with Crippen LogP contribution in [0.1, 0.15) is 20.8 Å². The number of primary amides is 1. The van der Waals surface area contributed by atoms with Crippen molar-refractivity contribution in [3.63, 3.8) is 0 Å². The topological polar surface area (TPSA) is 97.2 Å². The molecule has 0 atom stereocenters. The van der Waals surface area contributed by atoms with Crippen LogP contribution < -0.4 is 15.8 Å². The van der Waals surface area contributed by atoms with E-state index in [1.54, 1.807) is 25.3 Å². The van der Waals surface area contributed by atoms with Gasteiger partial charge in [-0.2, -0.15) is 0 Å². The van der Waals surface area contributed by atoms with Crippen molar-refractivity contribution >= 4 is 28.4 Å². The number of H-pyrrole nitrogens is 1. The maximum atomic E-state index is 13.5. The van der Waals surface area contributed by atoms with Gasteiger partial charge < -0.3 is 20.8 Å². The highest BCUT2D eigenvalue weighted by atomic mass is 19.1. The smallest absolute Gasteiger partial charge is 0.272 e. The molecule has 0 bridgehead atoms. The van der Waals surface area contributed by atoms with Gasteiger partial charge in [-0.05, 0) is 36.4 Å². The minimum atomic E-state index is -0.902. The number of anilines is 1. The van der Waals surface area contributed by atoms with Crippen LogP contribution in [0.2, 0.25) is 0 Å². The van der Waals surface area contributed by atoms with Crippen molar-refractivity contribution in [2.75, 3.05) is 12.4 Å². The molecule has 3 aromatic rings. The molecule has 3 rings (SSSR count). The van der Waals surface area contributed by atoms with Crippen LogP contribution in [0.15, 0.2) is 42.5 Å². The van der Waals surface area contributed by atoms with Crippen molar-refractivity contribution < 1.29 is 18.7 Å². The molecule has 0 aliphatic heterocycles. The van der Waals surface area contributed by atoms with Gasteiger partial charge in [0.25, 0.3) is 11.8 Å². The summed E-state index contributed by atoms with van der Waals surface area (Å²) in [5, 5.41) is 3.44. The van der Waals surface area contributed by atoms with Crippen LogP contribution in [0.3, 0.4) is 0 Å². The second-order valence-corrected chi connectivity index (χ2v) is 5.15. The Morgan fingerprint density at radius 3 is 2.67 bits per heavy atom. The maximum absolute atomic E-state index is 13.5. The Labute approximate surface area is 136 Å². The molecule has 24 heavy (non-hydrogen) atoms. The molecule has 6 nitrogen and oxygen atoms in total. The van der Waals surface area contributed by atoms with Crippen LogP contribution in [0.4, 0.5) is 10.1 Å². The molecule has 4 N–H and O–H groups in total. The number of carbonyl (C=O) groups is 2. The maximum Gasteiger partial charge on any atom is 0.272 e. The first kappa shape index (κ1) is 15.5. The zero-order valence-corrected chi connectivity index (χ0v) is 12.7. The van der Waals surface area contributed by atoms with E-state index in [-0.39, 0.29) is 11.3 Å². The Bertz CT molecular complexity index is 949. The van der Waals surface area contributed by atoms with Crippen LogP contribution in [-0.2, 0) is 0 Å². The van der Waals surface area contributed by atoms with Crippen LogP contribution in [-0.4, -0.2) is 23.9 Å². The van der Waals surface area contributed by atoms with Gasteiger partial charge in [0.05, 0.1) is 12.7 Å². The zero-order valence-electron chi connectivity index (χ0n) is 12.7. The van der Waals surface area contributed by atoms with Crippen molar-refractivity contribution in [3.05, 3.63) is 59.5 Å². The Balaban J connectivity index is 1.87. The van der Waals surface area contributed by atoms with E-state index in [4.69, 9.17) is 10.5 Å². The van der Waals surface area contributed by atoms with Crippen LogP contribution in [0.25, 0.3) is 10.9 Å². The summed E-state index contributed by atoms with van der Waals surface area (Å²) in [7, 11) is 1.56. The Hall–Kier alpha value is -3.35. The summed E-state index contributed by atoms with van der Waals surface area (Å²) >= 11 is 0. The number of nitrogens with two attached hydrogens (primary N) is 1. The monoisotopic (exact) mass is 327 g/mol. The van der Waals surface area contributed by atoms with E-state index in [9.17, 15) is 14.0 Å². The van der Waals surface area contributed by atoms with E-state index in [2.05, 4.69) is 10.3 Å². The number of nitrogens with one attached hydrogen (secondary N) is 2. The number of rotatable bonds is 4. The van der Waals surface area contributed by atoms with Crippen molar-refractivity contribution in [1.82, 2.24) is 4.98 Å². The van der Waals surface area contributed by atoms with Gasteiger partial charge in [-0.25, -0.2) is 4.39 Å². The highest BCUT2D eigenvalue weighted by Gasteiger charge is 2.13. The fourth-order valence-corrected chi connectivity index (χ4v) is 2.35. The third-order valence-electron chi connectivity index (χ3n) is 3.56. The average Bonchev–Trinajstić information content (AvgIpc) is 2.99. The normalized spacial score (nSPS) is 10.6. The second kappa shape index (κ2) is 6.04. The summed E-state index contributed by atoms with van der Waals surface area (Å²) < 4.78 is 18.6. The van der Waals surface area contributed by atoms with E-state index in [1.165, 1.54) is 12.1 Å². The summed E-state index contributed by atoms with van der Waals surface area (Å²) in [5.41, 5.74) is 6.15. The molecular formula is C17H14FN3O3. The predicted octanol–water partition coefficient (Wildman–Crippen LogP) is 2.67. The number of methoxy groups -OCH3 is 1. The standard InChI is InChI=1S/C17H14FN3O3/c1-24-11-4-2-9-6-15(21-14(9)8-11)17(23)20-10-3-5-13(18)12(7-10)16(19)22/h2-8,21H,1H3,(H2,19,22)(H,20,23). The van der Waals surface area contributed by atoms with Gasteiger partial charge in [0, 0.05) is 22.7 Å². The van der Waals surface area contributed by atoms with Crippen LogP contribution >= 0.6 is 0 Å². The number of hydrogen-bond acceptors (Lipinski definition) is 3. The van der Waals surface area contributed by atoms with Crippen molar-refractivity contribution in [2.45, 2.75) is 0 Å². The first-order valence-corrected chi connectivity index (χ1v) is 7.05. The van der Waals surface area contributed by atoms with E-state index in [0.717, 1.165) is 17.0 Å². The third-order valence-corrected chi connectivity index (χ3v) is 3.56. The SMILES string of the molecule is COc1ccc2cc(C(=O)Nc3ccc(F)c(C(N)=O)c3)[nH]c2c1. The second-order valence-electron chi connectivity index (χ2n) is 5.15. The number of carbonyl (C=O) groups excluding carboxylic acids is 2. The van der Waals surface area contributed by atoms with Crippen molar-refractivity contribution in [2.24, 2.45) is 5.73 Å². The van der Waals surface area contributed by atoms with E-state index >= 15 is 0 Å². The molecule has 2 aromatic carbocycles.